The SMILES string of the molecule is CC(C)(C)[C@H](c1cc2c(cc1[N+](=O)[O-])OCO2)N1CCNCC1. The molecule has 7 heteroatoms. The van der Waals surface area contributed by atoms with E-state index in [-0.39, 0.29) is 28.9 Å². The zero-order chi connectivity index (χ0) is 16.6. The van der Waals surface area contributed by atoms with E-state index in [1.54, 1.807) is 6.07 Å². The van der Waals surface area contributed by atoms with E-state index in [1.807, 2.05) is 0 Å². The number of nitrogens with zero attached hydrogens (tertiary/aromatic N) is 2. The average Bonchev–Trinajstić information content (AvgIpc) is 2.93. The van der Waals surface area contributed by atoms with E-state index in [9.17, 15) is 10.1 Å². The van der Waals surface area contributed by atoms with Crippen molar-refractivity contribution in [2.24, 2.45) is 5.41 Å². The molecule has 0 radical (unpaired) electrons. The first kappa shape index (κ1) is 16.0. The van der Waals surface area contributed by atoms with Gasteiger partial charge in [0.05, 0.1) is 16.6 Å². The molecule has 3 rings (SSSR count). The Morgan fingerprint density at radius 2 is 1.83 bits per heavy atom. The lowest BCUT2D eigenvalue weighted by atomic mass is 9.80. The highest BCUT2D eigenvalue weighted by Crippen LogP contribution is 2.46. The predicted molar refractivity (Wildman–Crippen MR) is 85.9 cm³/mol. The Hall–Kier alpha value is -1.86. The summed E-state index contributed by atoms with van der Waals surface area (Å²) >= 11 is 0. The molecule has 126 valence electrons. The third kappa shape index (κ3) is 3.11. The number of piperazine rings is 1. The fraction of sp³-hybridized carbons (Fsp3) is 0.625. The van der Waals surface area contributed by atoms with E-state index >= 15 is 0 Å². The molecular weight excluding hydrogens is 298 g/mol. The molecule has 0 amide bonds. The number of fused-ring (bicyclic) bond motifs is 1. The lowest BCUT2D eigenvalue weighted by molar-refractivity contribution is -0.386. The van der Waals surface area contributed by atoms with Gasteiger partial charge < -0.3 is 14.8 Å². The van der Waals surface area contributed by atoms with E-state index in [2.05, 4.69) is 31.0 Å². The molecular formula is C16H23N3O4. The molecule has 2 aliphatic heterocycles. The molecule has 0 bridgehead atoms. The largest absolute Gasteiger partial charge is 0.454 e. The lowest BCUT2D eigenvalue weighted by Gasteiger charge is -2.42. The summed E-state index contributed by atoms with van der Waals surface area (Å²) in [5.41, 5.74) is 0.664. The van der Waals surface area contributed by atoms with Crippen LogP contribution in [0.2, 0.25) is 0 Å². The molecule has 0 unspecified atom stereocenters. The van der Waals surface area contributed by atoms with Crippen molar-refractivity contribution in [3.63, 3.8) is 0 Å². The van der Waals surface area contributed by atoms with Gasteiger partial charge in [-0.1, -0.05) is 20.8 Å². The summed E-state index contributed by atoms with van der Waals surface area (Å²) in [7, 11) is 0. The molecule has 1 saturated heterocycles. The number of nitrogens with one attached hydrogen (secondary N) is 1. The van der Waals surface area contributed by atoms with Gasteiger partial charge in [0.2, 0.25) is 6.79 Å². The standard InChI is InChI=1S/C16H23N3O4/c1-16(2,3)15(18-6-4-17-5-7-18)11-8-13-14(23-10-22-13)9-12(11)19(20)21/h8-9,15,17H,4-7,10H2,1-3H3/t15-/m0/s1. The second-order valence-electron chi connectivity index (χ2n) is 7.08. The highest BCUT2D eigenvalue weighted by Gasteiger charge is 2.38. The molecule has 1 N–H and O–H groups in total. The number of nitro benzene ring substituents is 1. The summed E-state index contributed by atoms with van der Waals surface area (Å²) in [6, 6.07) is 3.23. The molecule has 1 atom stereocenters. The molecule has 0 aromatic heterocycles. The van der Waals surface area contributed by atoms with Gasteiger partial charge in [-0.25, -0.2) is 0 Å². The van der Waals surface area contributed by atoms with E-state index in [0.717, 1.165) is 26.2 Å². The molecule has 1 aromatic carbocycles. The van der Waals surface area contributed by atoms with Gasteiger partial charge in [-0.15, -0.1) is 0 Å². The summed E-state index contributed by atoms with van der Waals surface area (Å²) in [6.07, 6.45) is 0. The summed E-state index contributed by atoms with van der Waals surface area (Å²) < 4.78 is 10.8. The van der Waals surface area contributed by atoms with Crippen LogP contribution < -0.4 is 14.8 Å². The molecule has 2 aliphatic rings. The molecule has 0 saturated carbocycles. The van der Waals surface area contributed by atoms with Gasteiger partial charge in [0.1, 0.15) is 0 Å². The van der Waals surface area contributed by atoms with Gasteiger partial charge in [0.25, 0.3) is 5.69 Å². The van der Waals surface area contributed by atoms with Crippen molar-refractivity contribution in [1.29, 1.82) is 0 Å². The normalized spacial score (nSPS) is 19.6. The minimum atomic E-state index is -0.321. The highest BCUT2D eigenvalue weighted by molar-refractivity contribution is 5.56. The van der Waals surface area contributed by atoms with E-state index in [1.165, 1.54) is 6.07 Å². The first-order valence-corrected chi connectivity index (χ1v) is 7.90. The number of hydrogen-bond acceptors (Lipinski definition) is 6. The van der Waals surface area contributed by atoms with Crippen molar-refractivity contribution in [2.75, 3.05) is 33.0 Å². The van der Waals surface area contributed by atoms with E-state index in [4.69, 9.17) is 9.47 Å². The van der Waals surface area contributed by atoms with Gasteiger partial charge in [-0.3, -0.25) is 15.0 Å². The van der Waals surface area contributed by atoms with Crippen LogP contribution in [0.1, 0.15) is 32.4 Å². The molecule has 2 heterocycles. The Balaban J connectivity index is 2.09. The third-order valence-electron chi connectivity index (χ3n) is 4.35. The van der Waals surface area contributed by atoms with Crippen molar-refractivity contribution in [1.82, 2.24) is 10.2 Å². The smallest absolute Gasteiger partial charge is 0.278 e. The van der Waals surface area contributed by atoms with Crippen LogP contribution in [0.25, 0.3) is 0 Å². The molecule has 23 heavy (non-hydrogen) atoms. The van der Waals surface area contributed by atoms with Crippen molar-refractivity contribution >= 4 is 5.69 Å². The fourth-order valence-corrected chi connectivity index (χ4v) is 3.48. The minimum Gasteiger partial charge on any atom is -0.454 e. The first-order chi connectivity index (χ1) is 10.9. The number of nitro groups is 1. The van der Waals surface area contributed by atoms with Gasteiger partial charge in [0, 0.05) is 32.2 Å². The Labute approximate surface area is 135 Å². The lowest BCUT2D eigenvalue weighted by Crippen LogP contribution is -2.48. The van der Waals surface area contributed by atoms with Crippen LogP contribution in [0.3, 0.4) is 0 Å². The number of rotatable bonds is 3. The highest BCUT2D eigenvalue weighted by atomic mass is 16.7. The Morgan fingerprint density at radius 1 is 1.22 bits per heavy atom. The van der Waals surface area contributed by atoms with Crippen molar-refractivity contribution in [3.8, 4) is 11.5 Å². The molecule has 1 aromatic rings. The number of benzene rings is 1. The number of ether oxygens (including phenoxy) is 2. The van der Waals surface area contributed by atoms with Gasteiger partial charge in [-0.2, -0.15) is 0 Å². The van der Waals surface area contributed by atoms with E-state index in [0.29, 0.717) is 17.1 Å². The van der Waals surface area contributed by atoms with Gasteiger partial charge in [0.15, 0.2) is 11.5 Å². The van der Waals surface area contributed by atoms with Crippen molar-refractivity contribution < 1.29 is 14.4 Å². The zero-order valence-electron chi connectivity index (χ0n) is 13.8. The maximum Gasteiger partial charge on any atom is 0.278 e. The second kappa shape index (κ2) is 5.98. The van der Waals surface area contributed by atoms with Crippen LogP contribution in [0.5, 0.6) is 11.5 Å². The minimum absolute atomic E-state index is 0.0560. The topological polar surface area (TPSA) is 76.9 Å². The van der Waals surface area contributed by atoms with Crippen LogP contribution >= 0.6 is 0 Å². The summed E-state index contributed by atoms with van der Waals surface area (Å²) in [6.45, 7) is 10.00. The third-order valence-corrected chi connectivity index (χ3v) is 4.35. The Bertz CT molecular complexity index is 606. The van der Waals surface area contributed by atoms with Crippen LogP contribution in [0, 0.1) is 15.5 Å². The summed E-state index contributed by atoms with van der Waals surface area (Å²) in [4.78, 5) is 13.6. The molecule has 0 aliphatic carbocycles. The summed E-state index contributed by atoms with van der Waals surface area (Å²) in [5.74, 6) is 1.04. The van der Waals surface area contributed by atoms with Crippen LogP contribution in [-0.4, -0.2) is 42.8 Å². The molecule has 7 nitrogen and oxygen atoms in total. The van der Waals surface area contributed by atoms with Gasteiger partial charge >= 0.3 is 0 Å². The van der Waals surface area contributed by atoms with E-state index < -0.39 is 0 Å². The summed E-state index contributed by atoms with van der Waals surface area (Å²) in [5, 5.41) is 14.9. The average molecular weight is 321 g/mol. The monoisotopic (exact) mass is 321 g/mol. The maximum atomic E-state index is 11.6. The Morgan fingerprint density at radius 3 is 2.39 bits per heavy atom. The quantitative estimate of drug-likeness (QED) is 0.680. The van der Waals surface area contributed by atoms with Crippen LogP contribution in [0.4, 0.5) is 5.69 Å². The van der Waals surface area contributed by atoms with Crippen molar-refractivity contribution in [2.45, 2.75) is 26.8 Å². The predicted octanol–water partition coefficient (Wildman–Crippen LogP) is 2.32. The maximum absolute atomic E-state index is 11.6. The second-order valence-corrected chi connectivity index (χ2v) is 7.08. The first-order valence-electron chi connectivity index (χ1n) is 7.90. The molecule has 1 fully saturated rings. The van der Waals surface area contributed by atoms with Crippen LogP contribution in [0.15, 0.2) is 12.1 Å². The number of hydrogen-bond donors (Lipinski definition) is 1. The van der Waals surface area contributed by atoms with Crippen molar-refractivity contribution in [3.05, 3.63) is 27.8 Å². The zero-order valence-corrected chi connectivity index (χ0v) is 13.8. The van der Waals surface area contributed by atoms with Gasteiger partial charge in [-0.05, 0) is 11.5 Å². The fourth-order valence-electron chi connectivity index (χ4n) is 3.48. The Kier molecular flexibility index (Phi) is 4.16. The molecule has 0 spiro atoms. The van der Waals surface area contributed by atoms with Crippen LogP contribution in [-0.2, 0) is 0 Å².